The molecular weight excluding hydrogens is 350 g/mol. The van der Waals surface area contributed by atoms with Gasteiger partial charge in [0.15, 0.2) is 11.6 Å². The van der Waals surface area contributed by atoms with Gasteiger partial charge in [0.05, 0.1) is 24.6 Å². The number of benzene rings is 1. The van der Waals surface area contributed by atoms with Crippen LogP contribution in [0.1, 0.15) is 21.6 Å². The molecule has 26 heavy (non-hydrogen) atoms. The van der Waals surface area contributed by atoms with Gasteiger partial charge in [-0.05, 0) is 56.0 Å². The monoisotopic (exact) mass is 369 g/mol. The van der Waals surface area contributed by atoms with Crippen LogP contribution in [-0.2, 0) is 0 Å². The van der Waals surface area contributed by atoms with Crippen LogP contribution in [0, 0.1) is 13.8 Å². The number of ether oxygens (including phenoxy) is 1. The molecule has 6 nitrogen and oxygen atoms in total. The zero-order valence-electron chi connectivity index (χ0n) is 15.0. The SMILES string of the molecule is COc1ccc(NC(=O)c2c(C)nc(-c3ccco3)nc2SC)cc1C. The highest BCUT2D eigenvalue weighted by Gasteiger charge is 2.20. The Labute approximate surface area is 156 Å². The van der Waals surface area contributed by atoms with Crippen molar-refractivity contribution in [1.29, 1.82) is 0 Å². The fourth-order valence-corrected chi connectivity index (χ4v) is 3.24. The zero-order valence-corrected chi connectivity index (χ0v) is 15.8. The molecule has 0 atom stereocenters. The predicted molar refractivity (Wildman–Crippen MR) is 102 cm³/mol. The Hall–Kier alpha value is -2.80. The highest BCUT2D eigenvalue weighted by Crippen LogP contribution is 2.27. The largest absolute Gasteiger partial charge is 0.496 e. The molecule has 7 heteroatoms. The Kier molecular flexibility index (Phi) is 5.27. The summed E-state index contributed by atoms with van der Waals surface area (Å²) in [6, 6.07) is 9.06. The van der Waals surface area contributed by atoms with Crippen molar-refractivity contribution in [3.63, 3.8) is 0 Å². The summed E-state index contributed by atoms with van der Waals surface area (Å²) in [5.74, 6) is 1.56. The van der Waals surface area contributed by atoms with Crippen molar-refractivity contribution < 1.29 is 13.9 Å². The van der Waals surface area contributed by atoms with Crippen LogP contribution in [0.5, 0.6) is 5.75 Å². The lowest BCUT2D eigenvalue weighted by molar-refractivity contribution is 0.102. The first kappa shape index (κ1) is 18.0. The molecule has 3 aromatic rings. The van der Waals surface area contributed by atoms with E-state index in [0.29, 0.717) is 33.6 Å². The van der Waals surface area contributed by atoms with Crippen LogP contribution in [0.3, 0.4) is 0 Å². The van der Waals surface area contributed by atoms with Crippen molar-refractivity contribution in [3.8, 4) is 17.3 Å². The molecule has 134 valence electrons. The fraction of sp³-hybridized carbons (Fsp3) is 0.211. The lowest BCUT2D eigenvalue weighted by Crippen LogP contribution is -2.17. The van der Waals surface area contributed by atoms with Crippen LogP contribution in [0.4, 0.5) is 5.69 Å². The van der Waals surface area contributed by atoms with Gasteiger partial charge in [-0.25, -0.2) is 9.97 Å². The maximum atomic E-state index is 12.8. The van der Waals surface area contributed by atoms with Crippen LogP contribution in [-0.4, -0.2) is 29.2 Å². The molecule has 0 spiro atoms. The highest BCUT2D eigenvalue weighted by molar-refractivity contribution is 7.98. The van der Waals surface area contributed by atoms with Crippen molar-refractivity contribution in [2.45, 2.75) is 18.9 Å². The number of hydrogen-bond acceptors (Lipinski definition) is 6. The van der Waals surface area contributed by atoms with E-state index >= 15 is 0 Å². The molecule has 0 unspecified atom stereocenters. The summed E-state index contributed by atoms with van der Waals surface area (Å²) < 4.78 is 10.6. The van der Waals surface area contributed by atoms with E-state index < -0.39 is 0 Å². The number of rotatable bonds is 5. The van der Waals surface area contributed by atoms with Gasteiger partial charge in [0, 0.05) is 5.69 Å². The number of hydrogen-bond donors (Lipinski definition) is 1. The number of furan rings is 1. The summed E-state index contributed by atoms with van der Waals surface area (Å²) in [5.41, 5.74) is 2.69. The molecule has 2 heterocycles. The second kappa shape index (κ2) is 7.61. The van der Waals surface area contributed by atoms with E-state index in [-0.39, 0.29) is 5.91 Å². The molecule has 1 amide bonds. The molecule has 3 rings (SSSR count). The summed E-state index contributed by atoms with van der Waals surface area (Å²) in [6.07, 6.45) is 3.45. The second-order valence-corrected chi connectivity index (χ2v) is 6.43. The Morgan fingerprint density at radius 2 is 2.04 bits per heavy atom. The van der Waals surface area contributed by atoms with Crippen molar-refractivity contribution in [2.75, 3.05) is 18.7 Å². The van der Waals surface area contributed by atoms with E-state index in [0.717, 1.165) is 11.3 Å². The number of aryl methyl sites for hydroxylation is 2. The average molecular weight is 369 g/mol. The van der Waals surface area contributed by atoms with Gasteiger partial charge in [-0.15, -0.1) is 11.8 Å². The Morgan fingerprint density at radius 1 is 1.23 bits per heavy atom. The van der Waals surface area contributed by atoms with E-state index in [1.54, 1.807) is 38.5 Å². The van der Waals surface area contributed by atoms with E-state index in [4.69, 9.17) is 9.15 Å². The summed E-state index contributed by atoms with van der Waals surface area (Å²) in [4.78, 5) is 21.7. The van der Waals surface area contributed by atoms with Gasteiger partial charge in [0.1, 0.15) is 10.8 Å². The standard InChI is InChI=1S/C19H19N3O3S/c1-11-10-13(7-8-14(11)24-3)21-18(23)16-12(2)20-17(22-19(16)26-4)15-6-5-9-25-15/h5-10H,1-4H3,(H,21,23). The van der Waals surface area contributed by atoms with Gasteiger partial charge in [-0.1, -0.05) is 0 Å². The number of methoxy groups -OCH3 is 1. The average Bonchev–Trinajstić information content (AvgIpc) is 3.15. The molecule has 0 saturated heterocycles. The number of amides is 1. The molecular formula is C19H19N3O3S. The van der Waals surface area contributed by atoms with Gasteiger partial charge >= 0.3 is 0 Å². The Balaban J connectivity index is 1.93. The predicted octanol–water partition coefficient (Wildman–Crippen LogP) is 4.34. The first-order valence-corrected chi connectivity index (χ1v) is 9.18. The van der Waals surface area contributed by atoms with Gasteiger partial charge in [0.25, 0.3) is 5.91 Å². The van der Waals surface area contributed by atoms with Crippen LogP contribution in [0.25, 0.3) is 11.6 Å². The number of carbonyl (C=O) groups excluding carboxylic acids is 1. The number of aromatic nitrogens is 2. The smallest absolute Gasteiger partial charge is 0.260 e. The maximum absolute atomic E-state index is 12.8. The van der Waals surface area contributed by atoms with Crippen molar-refractivity contribution in [3.05, 3.63) is 53.4 Å². The van der Waals surface area contributed by atoms with Crippen molar-refractivity contribution >= 4 is 23.4 Å². The summed E-state index contributed by atoms with van der Waals surface area (Å²) in [6.45, 7) is 3.72. The van der Waals surface area contributed by atoms with Crippen LogP contribution in [0.2, 0.25) is 0 Å². The minimum atomic E-state index is -0.248. The van der Waals surface area contributed by atoms with Gasteiger partial charge in [0.2, 0.25) is 0 Å². The Morgan fingerprint density at radius 3 is 2.65 bits per heavy atom. The third kappa shape index (κ3) is 3.57. The number of thioether (sulfide) groups is 1. The molecule has 0 aliphatic rings. The molecule has 0 bridgehead atoms. The van der Waals surface area contributed by atoms with Crippen LogP contribution in [0.15, 0.2) is 46.0 Å². The van der Waals surface area contributed by atoms with Gasteiger partial charge < -0.3 is 14.5 Å². The van der Waals surface area contributed by atoms with Gasteiger partial charge in [-0.2, -0.15) is 0 Å². The van der Waals surface area contributed by atoms with E-state index in [1.807, 2.05) is 25.3 Å². The van der Waals surface area contributed by atoms with E-state index in [2.05, 4.69) is 15.3 Å². The van der Waals surface area contributed by atoms with Crippen LogP contribution < -0.4 is 10.1 Å². The van der Waals surface area contributed by atoms with Crippen molar-refractivity contribution in [1.82, 2.24) is 9.97 Å². The summed E-state index contributed by atoms with van der Waals surface area (Å²) in [5, 5.41) is 3.51. The quantitative estimate of drug-likeness (QED) is 0.533. The molecule has 0 aliphatic carbocycles. The summed E-state index contributed by atoms with van der Waals surface area (Å²) in [7, 11) is 1.62. The molecule has 0 radical (unpaired) electrons. The minimum Gasteiger partial charge on any atom is -0.496 e. The number of nitrogens with one attached hydrogen (secondary N) is 1. The molecule has 0 aliphatic heterocycles. The first-order valence-electron chi connectivity index (χ1n) is 7.96. The van der Waals surface area contributed by atoms with Crippen LogP contribution >= 0.6 is 11.8 Å². The summed E-state index contributed by atoms with van der Waals surface area (Å²) >= 11 is 1.40. The van der Waals surface area contributed by atoms with Crippen molar-refractivity contribution in [2.24, 2.45) is 0 Å². The number of anilines is 1. The lowest BCUT2D eigenvalue weighted by Gasteiger charge is -2.13. The van der Waals surface area contributed by atoms with E-state index in [1.165, 1.54) is 11.8 Å². The molecule has 0 saturated carbocycles. The number of carbonyl (C=O) groups is 1. The zero-order chi connectivity index (χ0) is 18.7. The first-order chi connectivity index (χ1) is 12.5. The molecule has 1 aromatic carbocycles. The molecule has 0 fully saturated rings. The molecule has 2 aromatic heterocycles. The third-order valence-corrected chi connectivity index (χ3v) is 4.55. The lowest BCUT2D eigenvalue weighted by atomic mass is 10.1. The fourth-order valence-electron chi connectivity index (χ4n) is 2.62. The van der Waals surface area contributed by atoms with Gasteiger partial charge in [-0.3, -0.25) is 4.79 Å². The molecule has 1 N–H and O–H groups in total. The van der Waals surface area contributed by atoms with E-state index in [9.17, 15) is 4.79 Å². The normalized spacial score (nSPS) is 10.6. The minimum absolute atomic E-state index is 0.248. The maximum Gasteiger partial charge on any atom is 0.260 e. The second-order valence-electron chi connectivity index (χ2n) is 5.63. The highest BCUT2D eigenvalue weighted by atomic mass is 32.2. The number of nitrogens with zero attached hydrogens (tertiary/aromatic N) is 2. The Bertz CT molecular complexity index is 939. The topological polar surface area (TPSA) is 77.2 Å². The third-order valence-electron chi connectivity index (χ3n) is 3.87.